The molecule has 1 aliphatic heterocycles. The normalized spacial score (nSPS) is 16.5. The molecule has 2 aromatic rings. The summed E-state index contributed by atoms with van der Waals surface area (Å²) in [6.45, 7) is 1.27. The van der Waals surface area contributed by atoms with E-state index in [1.165, 1.54) is 49.5 Å². The molecule has 8 nitrogen and oxygen atoms in total. The van der Waals surface area contributed by atoms with Gasteiger partial charge in [0.1, 0.15) is 10.8 Å². The number of esters is 1. The summed E-state index contributed by atoms with van der Waals surface area (Å²) in [7, 11) is 0. The number of imide groups is 1. The fourth-order valence-electron chi connectivity index (χ4n) is 2.58. The number of aromatic carboxylic acids is 1. The number of hydrogen-bond acceptors (Lipinski definition) is 7. The summed E-state index contributed by atoms with van der Waals surface area (Å²) in [5.74, 6) is -2.17. The van der Waals surface area contributed by atoms with Crippen molar-refractivity contribution in [3.05, 3.63) is 48.2 Å². The molecule has 2 heterocycles. The third-order valence-corrected chi connectivity index (χ3v) is 4.92. The van der Waals surface area contributed by atoms with Gasteiger partial charge < -0.3 is 9.84 Å². The van der Waals surface area contributed by atoms with Gasteiger partial charge in [-0.2, -0.15) is 0 Å². The van der Waals surface area contributed by atoms with Crippen molar-refractivity contribution in [2.24, 2.45) is 0 Å². The quantitative estimate of drug-likeness (QED) is 0.472. The number of thioether (sulfide) groups is 1. The zero-order valence-corrected chi connectivity index (χ0v) is 14.9. The average Bonchev–Trinajstić information content (AvgIpc) is 2.89. The van der Waals surface area contributed by atoms with Crippen LogP contribution in [0.15, 0.2) is 47.6 Å². The van der Waals surface area contributed by atoms with Crippen molar-refractivity contribution in [1.29, 1.82) is 0 Å². The van der Waals surface area contributed by atoms with Crippen molar-refractivity contribution in [2.75, 3.05) is 4.90 Å². The molecule has 1 N–H and O–H groups in total. The topological polar surface area (TPSA) is 114 Å². The molecular formula is C18H14N2O6S. The number of ether oxygens (including phenoxy) is 1. The minimum Gasteiger partial charge on any atom is -0.478 e. The zero-order valence-electron chi connectivity index (χ0n) is 14.1. The molecular weight excluding hydrogens is 372 g/mol. The first kappa shape index (κ1) is 18.6. The van der Waals surface area contributed by atoms with E-state index in [-0.39, 0.29) is 17.0 Å². The first-order valence-corrected chi connectivity index (χ1v) is 8.75. The van der Waals surface area contributed by atoms with Crippen LogP contribution in [-0.2, 0) is 14.4 Å². The van der Waals surface area contributed by atoms with Crippen LogP contribution >= 0.6 is 11.8 Å². The Morgan fingerprint density at radius 2 is 1.93 bits per heavy atom. The maximum Gasteiger partial charge on any atom is 0.338 e. The van der Waals surface area contributed by atoms with Crippen LogP contribution in [0.1, 0.15) is 23.7 Å². The molecule has 9 heteroatoms. The van der Waals surface area contributed by atoms with Crippen LogP contribution in [0.2, 0.25) is 0 Å². The molecule has 1 saturated heterocycles. The van der Waals surface area contributed by atoms with Gasteiger partial charge in [0.05, 0.1) is 16.5 Å². The fourth-order valence-corrected chi connectivity index (χ4v) is 3.68. The first-order chi connectivity index (χ1) is 12.9. The molecule has 27 heavy (non-hydrogen) atoms. The maximum absolute atomic E-state index is 12.7. The van der Waals surface area contributed by atoms with Crippen LogP contribution in [0, 0.1) is 0 Å². The van der Waals surface area contributed by atoms with Crippen molar-refractivity contribution in [2.45, 2.75) is 23.6 Å². The third-order valence-electron chi connectivity index (χ3n) is 3.72. The Labute approximate surface area is 158 Å². The molecule has 138 valence electrons. The molecule has 3 rings (SSSR count). The molecule has 0 aliphatic carbocycles. The van der Waals surface area contributed by atoms with E-state index in [9.17, 15) is 24.3 Å². The van der Waals surface area contributed by atoms with Gasteiger partial charge >= 0.3 is 11.9 Å². The lowest BCUT2D eigenvalue weighted by molar-refractivity contribution is -0.132. The monoisotopic (exact) mass is 386 g/mol. The summed E-state index contributed by atoms with van der Waals surface area (Å²) in [4.78, 5) is 52.3. The molecule has 0 spiro atoms. The second kappa shape index (κ2) is 7.58. The van der Waals surface area contributed by atoms with E-state index in [4.69, 9.17) is 4.74 Å². The van der Waals surface area contributed by atoms with Crippen molar-refractivity contribution in [3.63, 3.8) is 0 Å². The predicted octanol–water partition coefficient (Wildman–Crippen LogP) is 2.13. The molecule has 2 amide bonds. The average molecular weight is 386 g/mol. The number of carbonyl (C=O) groups is 4. The Morgan fingerprint density at radius 3 is 2.56 bits per heavy atom. The molecule has 1 aromatic heterocycles. The van der Waals surface area contributed by atoms with Gasteiger partial charge in [-0.15, -0.1) is 0 Å². The fraction of sp³-hybridized carbons (Fsp3) is 0.167. The van der Waals surface area contributed by atoms with E-state index in [1.807, 2.05) is 0 Å². The zero-order chi connectivity index (χ0) is 19.6. The van der Waals surface area contributed by atoms with Crippen LogP contribution in [-0.4, -0.2) is 39.1 Å². The van der Waals surface area contributed by atoms with Crippen molar-refractivity contribution in [1.82, 2.24) is 4.98 Å². The van der Waals surface area contributed by atoms with Crippen LogP contribution in [0.5, 0.6) is 5.75 Å². The number of anilines is 1. The summed E-state index contributed by atoms with van der Waals surface area (Å²) in [6.07, 6.45) is 1.37. The smallest absolute Gasteiger partial charge is 0.338 e. The molecule has 1 fully saturated rings. The summed E-state index contributed by atoms with van der Waals surface area (Å²) in [5.41, 5.74) is 0.329. The van der Waals surface area contributed by atoms with Gasteiger partial charge in [0.15, 0.2) is 0 Å². The Balaban J connectivity index is 1.79. The Bertz CT molecular complexity index is 928. The highest BCUT2D eigenvalue weighted by Gasteiger charge is 2.40. The molecule has 0 saturated carbocycles. The summed E-state index contributed by atoms with van der Waals surface area (Å²) < 4.78 is 4.93. The first-order valence-electron chi connectivity index (χ1n) is 7.87. The van der Waals surface area contributed by atoms with Crippen molar-refractivity contribution >= 4 is 41.2 Å². The van der Waals surface area contributed by atoms with Crippen LogP contribution < -0.4 is 9.64 Å². The van der Waals surface area contributed by atoms with E-state index >= 15 is 0 Å². The van der Waals surface area contributed by atoms with E-state index in [0.717, 1.165) is 16.7 Å². The molecule has 1 aliphatic rings. The molecule has 0 radical (unpaired) electrons. The molecule has 1 atom stereocenters. The summed E-state index contributed by atoms with van der Waals surface area (Å²) in [5, 5.41) is 8.64. The number of hydrogen-bond donors (Lipinski definition) is 1. The maximum atomic E-state index is 12.7. The van der Waals surface area contributed by atoms with Gasteiger partial charge in [-0.3, -0.25) is 14.4 Å². The number of carbonyl (C=O) groups excluding carboxylic acids is 3. The number of pyridine rings is 1. The molecule has 1 aromatic carbocycles. The van der Waals surface area contributed by atoms with Gasteiger partial charge in [-0.05, 0) is 36.4 Å². The Kier molecular flexibility index (Phi) is 5.22. The van der Waals surface area contributed by atoms with Gasteiger partial charge in [-0.25, -0.2) is 14.7 Å². The van der Waals surface area contributed by atoms with Crippen LogP contribution in [0.3, 0.4) is 0 Å². The lowest BCUT2D eigenvalue weighted by atomic mass is 10.3. The number of amides is 2. The van der Waals surface area contributed by atoms with E-state index in [2.05, 4.69) is 4.98 Å². The van der Waals surface area contributed by atoms with E-state index in [0.29, 0.717) is 11.4 Å². The number of aromatic nitrogens is 1. The highest BCUT2D eigenvalue weighted by molar-refractivity contribution is 8.00. The number of rotatable bonds is 5. The minimum atomic E-state index is -1.15. The van der Waals surface area contributed by atoms with Gasteiger partial charge in [0.25, 0.3) is 0 Å². The Morgan fingerprint density at radius 1 is 1.22 bits per heavy atom. The standard InChI is InChI=1S/C18H14N2O6S/c1-10(21)26-12-6-4-11(5-7-12)20-15(22)9-14(17(20)23)27-16-13(18(24)25)3-2-8-19-16/h2-8,14H,9H2,1H3,(H,24,25). The largest absolute Gasteiger partial charge is 0.478 e. The van der Waals surface area contributed by atoms with E-state index < -0.39 is 29.0 Å². The minimum absolute atomic E-state index is 0.0214. The highest BCUT2D eigenvalue weighted by Crippen LogP contribution is 2.34. The Hall–Kier alpha value is -3.20. The number of carboxylic acid groups (broad SMARTS) is 1. The SMILES string of the molecule is CC(=O)Oc1ccc(N2C(=O)CC(Sc3ncccc3C(=O)O)C2=O)cc1. The summed E-state index contributed by atoms with van der Waals surface area (Å²) >= 11 is 0.955. The molecule has 0 bridgehead atoms. The lowest BCUT2D eigenvalue weighted by Crippen LogP contribution is -2.31. The summed E-state index contributed by atoms with van der Waals surface area (Å²) in [6, 6.07) is 8.86. The van der Waals surface area contributed by atoms with Gasteiger partial charge in [0, 0.05) is 19.5 Å². The molecule has 1 unspecified atom stereocenters. The third kappa shape index (κ3) is 3.98. The van der Waals surface area contributed by atoms with Crippen molar-refractivity contribution < 1.29 is 29.0 Å². The second-order valence-electron chi connectivity index (χ2n) is 5.63. The van der Waals surface area contributed by atoms with Crippen LogP contribution in [0.25, 0.3) is 0 Å². The lowest BCUT2D eigenvalue weighted by Gasteiger charge is -2.15. The van der Waals surface area contributed by atoms with E-state index in [1.54, 1.807) is 0 Å². The second-order valence-corrected chi connectivity index (χ2v) is 6.82. The highest BCUT2D eigenvalue weighted by atomic mass is 32.2. The number of carboxylic acids is 1. The number of nitrogens with zero attached hydrogens (tertiary/aromatic N) is 2. The van der Waals surface area contributed by atoms with Gasteiger partial charge in [-0.1, -0.05) is 11.8 Å². The number of benzene rings is 1. The van der Waals surface area contributed by atoms with Crippen molar-refractivity contribution in [3.8, 4) is 5.75 Å². The van der Waals surface area contributed by atoms with Gasteiger partial charge in [0.2, 0.25) is 11.8 Å². The van der Waals surface area contributed by atoms with Crippen LogP contribution in [0.4, 0.5) is 5.69 Å². The predicted molar refractivity (Wildman–Crippen MR) is 95.7 cm³/mol.